The summed E-state index contributed by atoms with van der Waals surface area (Å²) in [6.07, 6.45) is 4.13. The number of nitrogens with zero attached hydrogens (tertiary/aromatic N) is 1. The molecule has 0 saturated heterocycles. The van der Waals surface area contributed by atoms with E-state index in [1.807, 2.05) is 0 Å². The zero-order valence-corrected chi connectivity index (χ0v) is 9.22. The number of hydroxylamine groups is 2. The van der Waals surface area contributed by atoms with Gasteiger partial charge in [-0.2, -0.15) is 0 Å². The maximum absolute atomic E-state index is 10.8. The van der Waals surface area contributed by atoms with Gasteiger partial charge in [0.1, 0.15) is 0 Å². The van der Waals surface area contributed by atoms with E-state index in [-0.39, 0.29) is 6.54 Å². The second kappa shape index (κ2) is 8.64. The van der Waals surface area contributed by atoms with Crippen LogP contribution in [0.3, 0.4) is 0 Å². The Morgan fingerprint density at radius 2 is 1.67 bits per heavy atom. The number of hydrogen-bond acceptors (Lipinski definition) is 4. The van der Waals surface area contributed by atoms with E-state index >= 15 is 0 Å². The molecule has 0 atom stereocenters. The van der Waals surface area contributed by atoms with Crippen LogP contribution in [0.1, 0.15) is 45.4 Å². The predicted octanol–water partition coefficient (Wildman–Crippen LogP) is 0.875. The predicted molar refractivity (Wildman–Crippen MR) is 55.1 cm³/mol. The molecule has 90 valence electrons. The first-order valence-electron chi connectivity index (χ1n) is 5.46. The molecular weight excluding hydrogens is 198 g/mol. The molecule has 5 nitrogen and oxygen atoms in total. The number of carbonyl (C=O) groups excluding carboxylic acids is 1. The quantitative estimate of drug-likeness (QED) is 0.245. The van der Waals surface area contributed by atoms with Crippen molar-refractivity contribution < 1.29 is 20.2 Å². The number of rotatable bonds is 8. The van der Waals surface area contributed by atoms with Gasteiger partial charge < -0.3 is 10.2 Å². The fourth-order valence-electron chi connectivity index (χ4n) is 1.29. The van der Waals surface area contributed by atoms with E-state index in [4.69, 9.17) is 15.4 Å². The molecule has 0 bridgehead atoms. The Bertz CT molecular complexity index is 173. The average Bonchev–Trinajstić information content (AvgIpc) is 2.21. The van der Waals surface area contributed by atoms with Crippen molar-refractivity contribution in [2.75, 3.05) is 6.54 Å². The van der Waals surface area contributed by atoms with Crippen LogP contribution in [0.5, 0.6) is 0 Å². The average molecular weight is 219 g/mol. The molecule has 0 radical (unpaired) electrons. The Labute approximate surface area is 90.3 Å². The number of aliphatic hydroxyl groups is 2. The van der Waals surface area contributed by atoms with Crippen molar-refractivity contribution in [3.63, 3.8) is 0 Å². The minimum atomic E-state index is -2.12. The molecule has 0 spiro atoms. The fraction of sp³-hybridized carbons (Fsp3) is 0.900. The Kier molecular flexibility index (Phi) is 8.27. The summed E-state index contributed by atoms with van der Waals surface area (Å²) in [5, 5.41) is 26.4. The maximum Gasteiger partial charge on any atom is 0.302 e. The summed E-state index contributed by atoms with van der Waals surface area (Å²) in [4.78, 5) is 10.8. The van der Waals surface area contributed by atoms with Gasteiger partial charge in [-0.05, 0) is 6.42 Å². The van der Waals surface area contributed by atoms with Gasteiger partial charge in [0, 0.05) is 6.54 Å². The third-order valence-electron chi connectivity index (χ3n) is 2.20. The molecule has 0 aromatic heterocycles. The van der Waals surface area contributed by atoms with E-state index in [2.05, 4.69) is 6.92 Å². The standard InChI is InChI=1S/C10H21NO4/c1-2-3-4-5-6-7-8-11(15)9(12)10(13)14/h10,13-15H,2-8H2,1H3. The molecule has 0 heterocycles. The highest BCUT2D eigenvalue weighted by atomic mass is 16.5. The summed E-state index contributed by atoms with van der Waals surface area (Å²) < 4.78 is 0. The first-order chi connectivity index (χ1) is 7.09. The summed E-state index contributed by atoms with van der Waals surface area (Å²) in [6, 6.07) is 0. The number of hydrogen-bond donors (Lipinski definition) is 3. The smallest absolute Gasteiger partial charge is 0.302 e. The lowest BCUT2D eigenvalue weighted by Crippen LogP contribution is -2.37. The van der Waals surface area contributed by atoms with Crippen LogP contribution in [0.25, 0.3) is 0 Å². The van der Waals surface area contributed by atoms with E-state index in [1.54, 1.807) is 0 Å². The number of amides is 1. The highest BCUT2D eigenvalue weighted by molar-refractivity contribution is 5.77. The van der Waals surface area contributed by atoms with Crippen LogP contribution in [0.15, 0.2) is 0 Å². The first kappa shape index (κ1) is 14.3. The van der Waals surface area contributed by atoms with Crippen molar-refractivity contribution in [1.29, 1.82) is 0 Å². The maximum atomic E-state index is 10.8. The molecule has 0 aliphatic carbocycles. The van der Waals surface area contributed by atoms with Gasteiger partial charge in [-0.1, -0.05) is 39.0 Å². The van der Waals surface area contributed by atoms with Gasteiger partial charge in [0.05, 0.1) is 0 Å². The zero-order chi connectivity index (χ0) is 11.7. The number of aliphatic hydroxyl groups excluding tert-OH is 1. The lowest BCUT2D eigenvalue weighted by Gasteiger charge is -2.15. The Balaban J connectivity index is 3.39. The van der Waals surface area contributed by atoms with Gasteiger partial charge in [-0.3, -0.25) is 10.0 Å². The molecule has 0 saturated carbocycles. The molecule has 0 aliphatic rings. The van der Waals surface area contributed by atoms with Gasteiger partial charge in [0.2, 0.25) is 6.29 Å². The SMILES string of the molecule is CCCCCCCCN(O)C(=O)C(O)O. The molecule has 1 amide bonds. The summed E-state index contributed by atoms with van der Waals surface area (Å²) >= 11 is 0. The lowest BCUT2D eigenvalue weighted by molar-refractivity contribution is -0.192. The van der Waals surface area contributed by atoms with Crippen LogP contribution < -0.4 is 0 Å². The normalized spacial score (nSPS) is 10.7. The van der Waals surface area contributed by atoms with Crippen LogP contribution in [-0.4, -0.2) is 39.2 Å². The molecule has 15 heavy (non-hydrogen) atoms. The highest BCUT2D eigenvalue weighted by Gasteiger charge is 2.17. The van der Waals surface area contributed by atoms with Gasteiger partial charge in [0.15, 0.2) is 0 Å². The van der Waals surface area contributed by atoms with E-state index in [1.165, 1.54) is 19.3 Å². The van der Waals surface area contributed by atoms with Crippen molar-refractivity contribution >= 4 is 5.91 Å². The largest absolute Gasteiger partial charge is 0.361 e. The minimum absolute atomic E-state index is 0.155. The van der Waals surface area contributed by atoms with Crippen LogP contribution in [0.2, 0.25) is 0 Å². The Morgan fingerprint density at radius 3 is 2.20 bits per heavy atom. The van der Waals surface area contributed by atoms with Crippen molar-refractivity contribution in [2.24, 2.45) is 0 Å². The molecular formula is C10H21NO4. The van der Waals surface area contributed by atoms with E-state index < -0.39 is 12.2 Å². The van der Waals surface area contributed by atoms with Crippen LogP contribution in [-0.2, 0) is 4.79 Å². The van der Waals surface area contributed by atoms with Crippen LogP contribution >= 0.6 is 0 Å². The summed E-state index contributed by atoms with van der Waals surface area (Å²) in [6.45, 7) is 2.29. The monoisotopic (exact) mass is 219 g/mol. The minimum Gasteiger partial charge on any atom is -0.361 e. The molecule has 0 aromatic rings. The van der Waals surface area contributed by atoms with Gasteiger partial charge in [-0.25, -0.2) is 5.06 Å². The van der Waals surface area contributed by atoms with E-state index in [0.717, 1.165) is 12.8 Å². The Hall–Kier alpha value is -0.650. The third-order valence-corrected chi connectivity index (χ3v) is 2.20. The molecule has 0 unspecified atom stereocenters. The van der Waals surface area contributed by atoms with Crippen molar-refractivity contribution in [2.45, 2.75) is 51.7 Å². The molecule has 0 fully saturated rings. The third kappa shape index (κ3) is 7.30. The topological polar surface area (TPSA) is 81.0 Å². The molecule has 3 N–H and O–H groups in total. The van der Waals surface area contributed by atoms with Gasteiger partial charge in [-0.15, -0.1) is 0 Å². The molecule has 5 heteroatoms. The first-order valence-corrected chi connectivity index (χ1v) is 5.46. The second-order valence-electron chi connectivity index (χ2n) is 3.60. The van der Waals surface area contributed by atoms with Gasteiger partial charge in [0.25, 0.3) is 0 Å². The number of carbonyl (C=O) groups is 1. The highest BCUT2D eigenvalue weighted by Crippen LogP contribution is 2.05. The van der Waals surface area contributed by atoms with Crippen molar-refractivity contribution in [1.82, 2.24) is 5.06 Å². The molecule has 0 rings (SSSR count). The molecule has 0 aromatic carbocycles. The summed E-state index contributed by atoms with van der Waals surface area (Å²) in [5.41, 5.74) is 0. The summed E-state index contributed by atoms with van der Waals surface area (Å²) in [7, 11) is 0. The molecule has 0 aliphatic heterocycles. The second-order valence-corrected chi connectivity index (χ2v) is 3.60. The van der Waals surface area contributed by atoms with Gasteiger partial charge >= 0.3 is 5.91 Å². The fourth-order valence-corrected chi connectivity index (χ4v) is 1.29. The van der Waals surface area contributed by atoms with Crippen LogP contribution in [0.4, 0.5) is 0 Å². The summed E-state index contributed by atoms with van der Waals surface area (Å²) in [5.74, 6) is -1.07. The van der Waals surface area contributed by atoms with Crippen LogP contribution in [0, 0.1) is 0 Å². The van der Waals surface area contributed by atoms with E-state index in [0.29, 0.717) is 11.5 Å². The Morgan fingerprint density at radius 1 is 1.13 bits per heavy atom. The zero-order valence-electron chi connectivity index (χ0n) is 9.22. The van der Waals surface area contributed by atoms with E-state index in [9.17, 15) is 4.79 Å². The van der Waals surface area contributed by atoms with Crippen molar-refractivity contribution in [3.8, 4) is 0 Å². The number of unbranched alkanes of at least 4 members (excludes halogenated alkanes) is 5. The van der Waals surface area contributed by atoms with Crippen molar-refractivity contribution in [3.05, 3.63) is 0 Å². The lowest BCUT2D eigenvalue weighted by atomic mass is 10.1.